The number of anilines is 1. The van der Waals surface area contributed by atoms with Crippen LogP contribution in [0.25, 0.3) is 0 Å². The van der Waals surface area contributed by atoms with Gasteiger partial charge in [0.15, 0.2) is 5.82 Å². The summed E-state index contributed by atoms with van der Waals surface area (Å²) >= 11 is 5.81. The molecule has 0 spiro atoms. The van der Waals surface area contributed by atoms with Crippen LogP contribution >= 0.6 is 11.6 Å². The van der Waals surface area contributed by atoms with E-state index in [2.05, 4.69) is 9.71 Å². The molecule has 7 heteroatoms. The molecule has 1 heterocycles. The topological polar surface area (TPSA) is 79.3 Å². The van der Waals surface area contributed by atoms with Gasteiger partial charge in [-0.15, -0.1) is 0 Å². The zero-order chi connectivity index (χ0) is 13.2. The number of aromatic hydroxyl groups is 1. The van der Waals surface area contributed by atoms with Crippen LogP contribution in [0.15, 0.2) is 47.5 Å². The number of aromatic nitrogens is 1. The van der Waals surface area contributed by atoms with E-state index in [9.17, 15) is 13.5 Å². The summed E-state index contributed by atoms with van der Waals surface area (Å²) in [4.78, 5) is 3.58. The van der Waals surface area contributed by atoms with Crippen LogP contribution in [0.3, 0.4) is 0 Å². The van der Waals surface area contributed by atoms with Gasteiger partial charge in [0.1, 0.15) is 10.6 Å². The molecule has 0 fully saturated rings. The lowest BCUT2D eigenvalue weighted by atomic mass is 10.3. The molecule has 1 aromatic heterocycles. The SMILES string of the molecule is O=S(=O)(Nc1ncccc1Cl)c1ccccc1O. The Hall–Kier alpha value is -1.79. The van der Waals surface area contributed by atoms with E-state index >= 15 is 0 Å². The monoisotopic (exact) mass is 284 g/mol. The predicted octanol–water partition coefficient (Wildman–Crippen LogP) is 2.24. The van der Waals surface area contributed by atoms with Crippen molar-refractivity contribution in [1.29, 1.82) is 0 Å². The lowest BCUT2D eigenvalue weighted by molar-refractivity contribution is 0.459. The number of pyridine rings is 1. The van der Waals surface area contributed by atoms with E-state index in [1.807, 2.05) is 0 Å². The Morgan fingerprint density at radius 1 is 1.17 bits per heavy atom. The van der Waals surface area contributed by atoms with Gasteiger partial charge in [0.2, 0.25) is 0 Å². The van der Waals surface area contributed by atoms with Crippen LogP contribution < -0.4 is 4.72 Å². The van der Waals surface area contributed by atoms with Gasteiger partial charge in [-0.1, -0.05) is 23.7 Å². The molecular weight excluding hydrogens is 276 g/mol. The first kappa shape index (κ1) is 12.7. The molecule has 94 valence electrons. The molecule has 1 aromatic carbocycles. The van der Waals surface area contributed by atoms with Gasteiger partial charge in [0, 0.05) is 6.20 Å². The number of nitrogens with zero attached hydrogens (tertiary/aromatic N) is 1. The van der Waals surface area contributed by atoms with Gasteiger partial charge in [-0.05, 0) is 24.3 Å². The van der Waals surface area contributed by atoms with Crippen molar-refractivity contribution < 1.29 is 13.5 Å². The van der Waals surface area contributed by atoms with Gasteiger partial charge in [0.05, 0.1) is 5.02 Å². The summed E-state index contributed by atoms with van der Waals surface area (Å²) < 4.78 is 26.2. The van der Waals surface area contributed by atoms with Gasteiger partial charge >= 0.3 is 0 Å². The number of phenols is 1. The van der Waals surface area contributed by atoms with Crippen LogP contribution in [-0.2, 0) is 10.0 Å². The smallest absolute Gasteiger partial charge is 0.266 e. The molecule has 18 heavy (non-hydrogen) atoms. The second-order valence-corrected chi connectivity index (χ2v) is 5.47. The van der Waals surface area contributed by atoms with Gasteiger partial charge in [-0.2, -0.15) is 0 Å². The average molecular weight is 285 g/mol. The first-order valence-electron chi connectivity index (χ1n) is 4.92. The number of rotatable bonds is 3. The summed E-state index contributed by atoms with van der Waals surface area (Å²) in [6.45, 7) is 0. The Bertz CT molecular complexity index is 673. The van der Waals surface area contributed by atoms with Gasteiger partial charge in [0.25, 0.3) is 10.0 Å². The molecule has 0 saturated heterocycles. The minimum absolute atomic E-state index is 0.0161. The second-order valence-electron chi connectivity index (χ2n) is 3.41. The standard InChI is InChI=1S/C11H9ClN2O3S/c12-8-4-3-7-13-11(8)14-18(16,17)10-6-2-1-5-9(10)15/h1-7,15H,(H,13,14). The van der Waals surface area contributed by atoms with Crippen molar-refractivity contribution in [3.63, 3.8) is 0 Å². The summed E-state index contributed by atoms with van der Waals surface area (Å²) in [5.41, 5.74) is 0. The summed E-state index contributed by atoms with van der Waals surface area (Å²) in [7, 11) is -3.91. The molecule has 0 bridgehead atoms. The van der Waals surface area contributed by atoms with Crippen LogP contribution in [-0.4, -0.2) is 18.5 Å². The van der Waals surface area contributed by atoms with E-state index in [1.54, 1.807) is 6.07 Å². The van der Waals surface area contributed by atoms with Crippen LogP contribution in [0, 0.1) is 0 Å². The number of para-hydroxylation sites is 1. The lowest BCUT2D eigenvalue weighted by Gasteiger charge is -2.09. The molecule has 2 aromatic rings. The minimum Gasteiger partial charge on any atom is -0.507 e. The third kappa shape index (κ3) is 2.55. The molecule has 2 N–H and O–H groups in total. The van der Waals surface area contributed by atoms with Crippen molar-refractivity contribution in [2.45, 2.75) is 4.90 Å². The molecule has 0 atom stereocenters. The van der Waals surface area contributed by atoms with Crippen molar-refractivity contribution >= 4 is 27.4 Å². The zero-order valence-corrected chi connectivity index (χ0v) is 10.6. The highest BCUT2D eigenvalue weighted by molar-refractivity contribution is 7.92. The van der Waals surface area contributed by atoms with Crippen molar-refractivity contribution in [3.05, 3.63) is 47.6 Å². The van der Waals surface area contributed by atoms with Crippen molar-refractivity contribution in [3.8, 4) is 5.75 Å². The fourth-order valence-electron chi connectivity index (χ4n) is 1.33. The van der Waals surface area contributed by atoms with E-state index in [0.29, 0.717) is 0 Å². The Morgan fingerprint density at radius 3 is 2.56 bits per heavy atom. The van der Waals surface area contributed by atoms with Gasteiger partial charge < -0.3 is 5.11 Å². The predicted molar refractivity (Wildman–Crippen MR) is 68.2 cm³/mol. The highest BCUT2D eigenvalue weighted by atomic mass is 35.5. The number of hydrogen-bond donors (Lipinski definition) is 2. The number of halogens is 1. The van der Waals surface area contributed by atoms with E-state index < -0.39 is 10.0 Å². The fourth-order valence-corrected chi connectivity index (χ4v) is 2.68. The normalized spacial score (nSPS) is 11.2. The van der Waals surface area contributed by atoms with Crippen LogP contribution in [0.4, 0.5) is 5.82 Å². The van der Waals surface area contributed by atoms with Crippen molar-refractivity contribution in [1.82, 2.24) is 4.98 Å². The van der Waals surface area contributed by atoms with Crippen LogP contribution in [0.2, 0.25) is 5.02 Å². The molecule has 0 unspecified atom stereocenters. The van der Waals surface area contributed by atoms with Crippen molar-refractivity contribution in [2.75, 3.05) is 4.72 Å². The van der Waals surface area contributed by atoms with Gasteiger partial charge in [-0.3, -0.25) is 4.72 Å². The summed E-state index contributed by atoms with van der Waals surface area (Å²) in [5.74, 6) is -0.320. The molecule has 0 aliphatic heterocycles. The Balaban J connectivity index is 2.40. The summed E-state index contributed by atoms with van der Waals surface area (Å²) in [5, 5.41) is 9.70. The number of hydrogen-bond acceptors (Lipinski definition) is 4. The number of phenolic OH excluding ortho intramolecular Hbond substituents is 1. The highest BCUT2D eigenvalue weighted by Crippen LogP contribution is 2.26. The lowest BCUT2D eigenvalue weighted by Crippen LogP contribution is -2.14. The maximum absolute atomic E-state index is 12.0. The summed E-state index contributed by atoms with van der Waals surface area (Å²) in [6.07, 6.45) is 1.41. The van der Waals surface area contributed by atoms with Crippen LogP contribution in [0.5, 0.6) is 5.75 Å². The Morgan fingerprint density at radius 2 is 1.89 bits per heavy atom. The van der Waals surface area contributed by atoms with Gasteiger partial charge in [-0.25, -0.2) is 13.4 Å². The van der Waals surface area contributed by atoms with Crippen LogP contribution in [0.1, 0.15) is 0 Å². The molecule has 0 amide bonds. The first-order valence-corrected chi connectivity index (χ1v) is 6.78. The summed E-state index contributed by atoms with van der Waals surface area (Å²) in [6, 6.07) is 8.71. The molecular formula is C11H9ClN2O3S. The average Bonchev–Trinajstić information content (AvgIpc) is 2.32. The van der Waals surface area contributed by atoms with E-state index in [0.717, 1.165) is 0 Å². The first-order chi connectivity index (χ1) is 8.50. The third-order valence-electron chi connectivity index (χ3n) is 2.14. The molecule has 0 saturated carbocycles. The number of sulfonamides is 1. The molecule has 0 aliphatic rings. The maximum Gasteiger partial charge on any atom is 0.266 e. The maximum atomic E-state index is 12.0. The second kappa shape index (κ2) is 4.83. The molecule has 5 nitrogen and oxygen atoms in total. The van der Waals surface area contributed by atoms with E-state index in [4.69, 9.17) is 11.6 Å². The number of benzene rings is 1. The quantitative estimate of drug-likeness (QED) is 0.906. The van der Waals surface area contributed by atoms with E-state index in [1.165, 1.54) is 36.5 Å². The molecule has 0 radical (unpaired) electrons. The zero-order valence-electron chi connectivity index (χ0n) is 9.04. The highest BCUT2D eigenvalue weighted by Gasteiger charge is 2.19. The van der Waals surface area contributed by atoms with E-state index in [-0.39, 0.29) is 21.5 Å². The van der Waals surface area contributed by atoms with Crippen molar-refractivity contribution in [2.24, 2.45) is 0 Å². The Kier molecular flexibility index (Phi) is 3.40. The Labute approximate surface area is 109 Å². The third-order valence-corrected chi connectivity index (χ3v) is 3.84. The minimum atomic E-state index is -3.91. The number of nitrogens with one attached hydrogen (secondary N) is 1. The molecule has 2 rings (SSSR count). The largest absolute Gasteiger partial charge is 0.507 e. The fraction of sp³-hybridized carbons (Fsp3) is 0. The molecule has 0 aliphatic carbocycles.